The zero-order valence-electron chi connectivity index (χ0n) is 8.07. The lowest BCUT2D eigenvalue weighted by Gasteiger charge is -2.19. The van der Waals surface area contributed by atoms with Crippen LogP contribution in [0, 0.1) is 0 Å². The first kappa shape index (κ1) is 9.64. The quantitative estimate of drug-likeness (QED) is 0.721. The fourth-order valence-electron chi connectivity index (χ4n) is 0.815. The Morgan fingerprint density at radius 1 is 1.31 bits per heavy atom. The van der Waals surface area contributed by atoms with Crippen LogP contribution in [-0.2, 0) is 4.74 Å². The summed E-state index contributed by atoms with van der Waals surface area (Å²) < 4.78 is 6.58. The van der Waals surface area contributed by atoms with Crippen molar-refractivity contribution in [2.75, 3.05) is 5.43 Å². The summed E-state index contributed by atoms with van der Waals surface area (Å²) in [6.45, 7) is 5.46. The molecule has 1 N–H and O–H groups in total. The molecule has 1 aromatic heterocycles. The van der Waals surface area contributed by atoms with Gasteiger partial charge in [0.1, 0.15) is 5.60 Å². The van der Waals surface area contributed by atoms with Crippen molar-refractivity contribution in [2.24, 2.45) is 0 Å². The second-order valence-electron chi connectivity index (χ2n) is 3.70. The van der Waals surface area contributed by atoms with E-state index in [2.05, 4.69) is 5.43 Å². The van der Waals surface area contributed by atoms with Crippen LogP contribution in [0.1, 0.15) is 20.8 Å². The molecule has 0 aromatic carbocycles. The Bertz CT molecular complexity index is 272. The van der Waals surface area contributed by atoms with Crippen molar-refractivity contribution in [3.63, 3.8) is 0 Å². The summed E-state index contributed by atoms with van der Waals surface area (Å²) in [5.74, 6) is 0. The normalized spacial score (nSPS) is 11.0. The molecule has 0 fully saturated rings. The summed E-state index contributed by atoms with van der Waals surface area (Å²) in [6.07, 6.45) is 3.00. The molecule has 0 radical (unpaired) electrons. The lowest BCUT2D eigenvalue weighted by atomic mass is 10.2. The number of hydrogen-bond acceptors (Lipinski definition) is 2. The summed E-state index contributed by atoms with van der Waals surface area (Å²) in [7, 11) is 0. The van der Waals surface area contributed by atoms with Gasteiger partial charge in [0.25, 0.3) is 0 Å². The molecule has 0 saturated carbocycles. The summed E-state index contributed by atoms with van der Waals surface area (Å²) in [5, 5.41) is 0. The third-order valence-electron chi connectivity index (χ3n) is 1.22. The fourth-order valence-corrected chi connectivity index (χ4v) is 0.815. The molecule has 0 atom stereocenters. The van der Waals surface area contributed by atoms with Crippen LogP contribution in [0.3, 0.4) is 0 Å². The minimum atomic E-state index is -0.461. The Morgan fingerprint density at radius 3 is 2.31 bits per heavy atom. The van der Waals surface area contributed by atoms with Crippen LogP contribution in [-0.4, -0.2) is 16.4 Å². The summed E-state index contributed by atoms with van der Waals surface area (Å²) in [6, 6.07) is 3.63. The van der Waals surface area contributed by atoms with Crippen molar-refractivity contribution < 1.29 is 9.53 Å². The number of ether oxygens (including phenoxy) is 1. The number of amides is 1. The Hall–Kier alpha value is -1.45. The van der Waals surface area contributed by atoms with E-state index in [-0.39, 0.29) is 0 Å². The molecule has 1 amide bonds. The van der Waals surface area contributed by atoms with Crippen molar-refractivity contribution in [2.45, 2.75) is 26.4 Å². The molecule has 0 unspecified atom stereocenters. The smallest absolute Gasteiger partial charge is 0.426 e. The molecule has 0 aliphatic rings. The number of carbonyl (C=O) groups excluding carboxylic acids is 1. The highest BCUT2D eigenvalue weighted by molar-refractivity contribution is 5.76. The predicted molar refractivity (Wildman–Crippen MR) is 50.0 cm³/mol. The zero-order valence-corrected chi connectivity index (χ0v) is 8.07. The van der Waals surface area contributed by atoms with Gasteiger partial charge in [0.15, 0.2) is 0 Å². The number of nitrogens with one attached hydrogen (secondary N) is 1. The number of nitrogens with zero attached hydrogens (tertiary/aromatic N) is 1. The topological polar surface area (TPSA) is 43.3 Å². The van der Waals surface area contributed by atoms with E-state index in [0.29, 0.717) is 0 Å². The van der Waals surface area contributed by atoms with Crippen LogP contribution in [0.2, 0.25) is 0 Å². The maximum atomic E-state index is 11.2. The van der Waals surface area contributed by atoms with E-state index in [9.17, 15) is 4.79 Å². The van der Waals surface area contributed by atoms with E-state index in [0.717, 1.165) is 0 Å². The zero-order chi connectivity index (χ0) is 9.90. The second kappa shape index (κ2) is 3.51. The average molecular weight is 182 g/mol. The van der Waals surface area contributed by atoms with E-state index >= 15 is 0 Å². The maximum absolute atomic E-state index is 11.2. The molecular formula is C9H14N2O2. The molecule has 0 bridgehead atoms. The molecular weight excluding hydrogens is 168 g/mol. The largest absolute Gasteiger partial charge is 0.443 e. The van der Waals surface area contributed by atoms with Gasteiger partial charge >= 0.3 is 6.09 Å². The van der Waals surface area contributed by atoms with Crippen molar-refractivity contribution in [1.82, 2.24) is 4.68 Å². The van der Waals surface area contributed by atoms with Crippen LogP contribution in [0.4, 0.5) is 4.79 Å². The van der Waals surface area contributed by atoms with Gasteiger partial charge in [-0.05, 0) is 32.9 Å². The molecule has 0 aliphatic carbocycles. The summed E-state index contributed by atoms with van der Waals surface area (Å²) in [4.78, 5) is 11.2. The molecule has 4 nitrogen and oxygen atoms in total. The van der Waals surface area contributed by atoms with Gasteiger partial charge in [-0.2, -0.15) is 0 Å². The highest BCUT2D eigenvalue weighted by atomic mass is 16.6. The fraction of sp³-hybridized carbons (Fsp3) is 0.444. The number of aromatic nitrogens is 1. The molecule has 0 aliphatic heterocycles. The lowest BCUT2D eigenvalue weighted by Crippen LogP contribution is -2.30. The van der Waals surface area contributed by atoms with Gasteiger partial charge in [0.05, 0.1) is 0 Å². The second-order valence-corrected chi connectivity index (χ2v) is 3.70. The van der Waals surface area contributed by atoms with Crippen molar-refractivity contribution in [3.8, 4) is 0 Å². The Balaban J connectivity index is 2.43. The van der Waals surface area contributed by atoms with E-state index in [1.165, 1.54) is 4.68 Å². The lowest BCUT2D eigenvalue weighted by molar-refractivity contribution is 0.0613. The number of hydrogen-bond donors (Lipinski definition) is 1. The minimum absolute atomic E-state index is 0.455. The first-order chi connectivity index (χ1) is 5.97. The predicted octanol–water partition coefficient (Wildman–Crippen LogP) is 1.97. The molecule has 1 aromatic rings. The van der Waals surface area contributed by atoms with Crippen LogP contribution in [0.25, 0.3) is 0 Å². The van der Waals surface area contributed by atoms with E-state index in [4.69, 9.17) is 4.74 Å². The first-order valence-electron chi connectivity index (χ1n) is 4.10. The third-order valence-corrected chi connectivity index (χ3v) is 1.22. The molecule has 1 heterocycles. The average Bonchev–Trinajstić information content (AvgIpc) is 2.34. The molecule has 0 spiro atoms. The molecule has 13 heavy (non-hydrogen) atoms. The SMILES string of the molecule is CC(C)(C)O[12C](=O)Nn1cccc1. The van der Waals surface area contributed by atoms with Gasteiger partial charge in [-0.1, -0.05) is 0 Å². The highest BCUT2D eigenvalue weighted by Crippen LogP contribution is 2.06. The molecule has 72 valence electrons. The third kappa shape index (κ3) is 3.64. The van der Waals surface area contributed by atoms with Crippen molar-refractivity contribution in [1.29, 1.82) is 0 Å². The van der Waals surface area contributed by atoms with Crippen LogP contribution in [0.15, 0.2) is 24.5 Å². The van der Waals surface area contributed by atoms with Crippen molar-refractivity contribution in [3.05, 3.63) is 24.5 Å². The van der Waals surface area contributed by atoms with Crippen LogP contribution < -0.4 is 5.43 Å². The van der Waals surface area contributed by atoms with Crippen molar-refractivity contribution >= 4 is 6.09 Å². The Morgan fingerprint density at radius 2 is 1.85 bits per heavy atom. The molecule has 4 heteroatoms. The van der Waals surface area contributed by atoms with Gasteiger partial charge in [-0.15, -0.1) is 0 Å². The van der Waals surface area contributed by atoms with Gasteiger partial charge in [-0.25, -0.2) is 10.2 Å². The first-order valence-corrected chi connectivity index (χ1v) is 4.10. The van der Waals surface area contributed by atoms with Gasteiger partial charge in [0, 0.05) is 12.4 Å². The van der Waals surface area contributed by atoms with E-state index in [1.54, 1.807) is 12.4 Å². The van der Waals surface area contributed by atoms with E-state index in [1.807, 2.05) is 32.9 Å². The van der Waals surface area contributed by atoms with Gasteiger partial charge in [-0.3, -0.25) is 4.68 Å². The Kier molecular flexibility index (Phi) is 2.60. The summed E-state index contributed by atoms with van der Waals surface area (Å²) in [5.41, 5.74) is 2.07. The molecule has 1 rings (SSSR count). The highest BCUT2D eigenvalue weighted by Gasteiger charge is 2.15. The van der Waals surface area contributed by atoms with Crippen LogP contribution >= 0.6 is 0 Å². The van der Waals surface area contributed by atoms with Gasteiger partial charge in [0.2, 0.25) is 0 Å². The molecule has 0 saturated heterocycles. The maximum Gasteiger partial charge on any atom is 0.426 e. The van der Waals surface area contributed by atoms with Gasteiger partial charge < -0.3 is 4.74 Å². The van der Waals surface area contributed by atoms with Crippen LogP contribution in [0.5, 0.6) is 0 Å². The standard InChI is InChI=1S/C9H14N2O2/c1-9(2,3)13-8(12)10-11-6-4-5-7-11/h4-7H,1-3H3,(H,10,12)/i8+0. The number of rotatable bonds is 1. The number of carbonyl (C=O) groups is 1. The Labute approximate surface area is 77.5 Å². The minimum Gasteiger partial charge on any atom is -0.443 e. The summed E-state index contributed by atoms with van der Waals surface area (Å²) >= 11 is 0. The monoisotopic (exact) mass is 182 g/mol. The van der Waals surface area contributed by atoms with E-state index < -0.39 is 11.7 Å².